The van der Waals surface area contributed by atoms with Gasteiger partial charge in [0.1, 0.15) is 0 Å². The Morgan fingerprint density at radius 1 is 1.45 bits per heavy atom. The average molecular weight is 148 g/mol. The molecule has 1 aromatic carbocycles. The Kier molecular flexibility index (Phi) is 1.28. The van der Waals surface area contributed by atoms with E-state index in [0.29, 0.717) is 0 Å². The molecule has 0 saturated carbocycles. The first-order valence-corrected chi connectivity index (χ1v) is 3.87. The van der Waals surface area contributed by atoms with Crippen molar-refractivity contribution in [3.05, 3.63) is 23.8 Å². The number of likely N-dealkylation sites (N-methyl/N-ethyl adjacent to an activating group) is 1. The number of nitrogens with two attached hydrogens (primary N) is 1. The number of nitrogens with zero attached hydrogens (tertiary/aromatic N) is 1. The van der Waals surface area contributed by atoms with E-state index < -0.39 is 0 Å². The van der Waals surface area contributed by atoms with Crippen molar-refractivity contribution in [2.24, 2.45) is 0 Å². The fourth-order valence-corrected chi connectivity index (χ4v) is 1.59. The van der Waals surface area contributed by atoms with Crippen LogP contribution in [-0.2, 0) is 6.42 Å². The molecule has 11 heavy (non-hydrogen) atoms. The van der Waals surface area contributed by atoms with Crippen molar-refractivity contribution in [1.29, 1.82) is 0 Å². The molecule has 0 fully saturated rings. The molecule has 0 spiro atoms. The molecule has 2 N–H and O–H groups in total. The van der Waals surface area contributed by atoms with Gasteiger partial charge >= 0.3 is 0 Å². The predicted octanol–water partition coefficient (Wildman–Crippen LogP) is 1.26. The highest BCUT2D eigenvalue weighted by Crippen LogP contribution is 2.27. The third-order valence-corrected chi connectivity index (χ3v) is 2.23. The lowest BCUT2D eigenvalue weighted by atomic mass is 10.1. The van der Waals surface area contributed by atoms with Gasteiger partial charge in [-0.25, -0.2) is 0 Å². The molecule has 2 heteroatoms. The molecule has 0 amide bonds. The summed E-state index contributed by atoms with van der Waals surface area (Å²) in [5.74, 6) is 0. The first-order valence-electron chi connectivity index (χ1n) is 3.87. The highest BCUT2D eigenvalue weighted by Gasteiger charge is 2.14. The van der Waals surface area contributed by atoms with Crippen molar-refractivity contribution in [1.82, 2.24) is 0 Å². The minimum Gasteiger partial charge on any atom is -0.399 e. The Morgan fingerprint density at radius 2 is 2.27 bits per heavy atom. The lowest BCUT2D eigenvalue weighted by molar-refractivity contribution is 0.956. The fourth-order valence-electron chi connectivity index (χ4n) is 1.59. The number of fused-ring (bicyclic) bond motifs is 1. The molecule has 0 aliphatic carbocycles. The molecule has 0 saturated heterocycles. The summed E-state index contributed by atoms with van der Waals surface area (Å²) >= 11 is 0. The van der Waals surface area contributed by atoms with Crippen molar-refractivity contribution in [2.75, 3.05) is 24.2 Å². The van der Waals surface area contributed by atoms with E-state index >= 15 is 0 Å². The van der Waals surface area contributed by atoms with Gasteiger partial charge in [-0.15, -0.1) is 0 Å². The summed E-state index contributed by atoms with van der Waals surface area (Å²) in [4.78, 5) is 2.26. The summed E-state index contributed by atoms with van der Waals surface area (Å²) in [6, 6.07) is 6.12. The zero-order valence-corrected chi connectivity index (χ0v) is 6.67. The van der Waals surface area contributed by atoms with Crippen LogP contribution in [0.1, 0.15) is 5.56 Å². The molecule has 0 unspecified atom stereocenters. The lowest BCUT2D eigenvalue weighted by Crippen LogP contribution is -2.12. The van der Waals surface area contributed by atoms with Gasteiger partial charge in [0, 0.05) is 25.0 Å². The van der Waals surface area contributed by atoms with Crippen molar-refractivity contribution < 1.29 is 0 Å². The number of anilines is 2. The highest BCUT2D eigenvalue weighted by atomic mass is 15.1. The van der Waals surface area contributed by atoms with Gasteiger partial charge in [0.15, 0.2) is 0 Å². The molecule has 1 aliphatic heterocycles. The van der Waals surface area contributed by atoms with E-state index in [4.69, 9.17) is 5.73 Å². The molecule has 2 nitrogen and oxygen atoms in total. The van der Waals surface area contributed by atoms with Crippen LogP contribution >= 0.6 is 0 Å². The largest absolute Gasteiger partial charge is 0.399 e. The first kappa shape index (κ1) is 6.53. The summed E-state index contributed by atoms with van der Waals surface area (Å²) in [6.07, 6.45) is 1.14. The lowest BCUT2D eigenvalue weighted by Gasteiger charge is -2.11. The van der Waals surface area contributed by atoms with Crippen molar-refractivity contribution in [3.8, 4) is 0 Å². The molecule has 0 radical (unpaired) electrons. The molecule has 1 aliphatic rings. The third-order valence-electron chi connectivity index (χ3n) is 2.23. The van der Waals surface area contributed by atoms with Gasteiger partial charge < -0.3 is 10.6 Å². The number of rotatable bonds is 0. The fraction of sp³-hybridized carbons (Fsp3) is 0.333. The van der Waals surface area contributed by atoms with E-state index in [1.807, 2.05) is 6.07 Å². The predicted molar refractivity (Wildman–Crippen MR) is 47.8 cm³/mol. The smallest absolute Gasteiger partial charge is 0.0398 e. The van der Waals surface area contributed by atoms with E-state index in [1.165, 1.54) is 11.3 Å². The standard InChI is InChI=1S/C9H12N2/c1-11-5-4-7-6-8(10)2-3-9(7)11/h2-3,6H,4-5,10H2,1H3. The van der Waals surface area contributed by atoms with Gasteiger partial charge in [0.2, 0.25) is 0 Å². The summed E-state index contributed by atoms with van der Waals surface area (Å²) in [6.45, 7) is 1.12. The Morgan fingerprint density at radius 3 is 3.09 bits per heavy atom. The molecule has 1 aromatic rings. The number of benzene rings is 1. The minimum atomic E-state index is 0.874. The quantitative estimate of drug-likeness (QED) is 0.561. The number of hydrogen-bond acceptors (Lipinski definition) is 2. The molecule has 2 rings (SSSR count). The van der Waals surface area contributed by atoms with E-state index in [0.717, 1.165) is 18.7 Å². The molecule has 0 aromatic heterocycles. The Bertz CT molecular complexity index is 281. The van der Waals surface area contributed by atoms with Crippen molar-refractivity contribution >= 4 is 11.4 Å². The van der Waals surface area contributed by atoms with Crippen LogP contribution in [0.15, 0.2) is 18.2 Å². The first-order chi connectivity index (χ1) is 5.27. The van der Waals surface area contributed by atoms with Gasteiger partial charge in [0.25, 0.3) is 0 Å². The van der Waals surface area contributed by atoms with Crippen LogP contribution in [0.5, 0.6) is 0 Å². The summed E-state index contributed by atoms with van der Waals surface area (Å²) < 4.78 is 0. The second-order valence-corrected chi connectivity index (χ2v) is 3.06. The molecular weight excluding hydrogens is 136 g/mol. The second kappa shape index (κ2) is 2.16. The number of hydrogen-bond donors (Lipinski definition) is 1. The zero-order chi connectivity index (χ0) is 7.84. The Balaban J connectivity index is 2.50. The van der Waals surface area contributed by atoms with Crippen LogP contribution in [0.3, 0.4) is 0 Å². The van der Waals surface area contributed by atoms with Crippen molar-refractivity contribution in [2.45, 2.75) is 6.42 Å². The molecule has 58 valence electrons. The van der Waals surface area contributed by atoms with Gasteiger partial charge in [-0.3, -0.25) is 0 Å². The SMILES string of the molecule is CN1CCc2cc(N)ccc21. The maximum atomic E-state index is 5.66. The number of nitrogen functional groups attached to an aromatic ring is 1. The molecule has 1 heterocycles. The average Bonchev–Trinajstić information content (AvgIpc) is 2.32. The topological polar surface area (TPSA) is 29.3 Å². The van der Waals surface area contributed by atoms with Crippen LogP contribution in [0.2, 0.25) is 0 Å². The summed E-state index contributed by atoms with van der Waals surface area (Å²) in [5.41, 5.74) is 9.25. The van der Waals surface area contributed by atoms with Gasteiger partial charge in [-0.1, -0.05) is 0 Å². The van der Waals surface area contributed by atoms with Gasteiger partial charge in [-0.2, -0.15) is 0 Å². The second-order valence-electron chi connectivity index (χ2n) is 3.06. The minimum absolute atomic E-state index is 0.874. The van der Waals surface area contributed by atoms with Crippen LogP contribution in [0, 0.1) is 0 Å². The zero-order valence-electron chi connectivity index (χ0n) is 6.67. The van der Waals surface area contributed by atoms with Gasteiger partial charge in [0.05, 0.1) is 0 Å². The van der Waals surface area contributed by atoms with Crippen LogP contribution in [-0.4, -0.2) is 13.6 Å². The maximum Gasteiger partial charge on any atom is 0.0398 e. The van der Waals surface area contributed by atoms with Crippen LogP contribution in [0.25, 0.3) is 0 Å². The third kappa shape index (κ3) is 0.946. The van der Waals surface area contributed by atoms with Crippen LogP contribution < -0.4 is 10.6 Å². The van der Waals surface area contributed by atoms with E-state index in [1.54, 1.807) is 0 Å². The molecule has 0 atom stereocenters. The van der Waals surface area contributed by atoms with Crippen LogP contribution in [0.4, 0.5) is 11.4 Å². The Labute approximate surface area is 66.6 Å². The van der Waals surface area contributed by atoms with E-state index in [9.17, 15) is 0 Å². The summed E-state index contributed by atoms with van der Waals surface area (Å²) in [7, 11) is 2.11. The van der Waals surface area contributed by atoms with E-state index in [2.05, 4.69) is 24.1 Å². The molecular formula is C9H12N2. The van der Waals surface area contributed by atoms with Gasteiger partial charge in [-0.05, 0) is 30.2 Å². The Hall–Kier alpha value is -1.18. The van der Waals surface area contributed by atoms with E-state index in [-0.39, 0.29) is 0 Å². The normalized spacial score (nSPS) is 15.2. The maximum absolute atomic E-state index is 5.66. The molecule has 0 bridgehead atoms. The monoisotopic (exact) mass is 148 g/mol. The summed E-state index contributed by atoms with van der Waals surface area (Å²) in [5, 5.41) is 0. The van der Waals surface area contributed by atoms with Crippen molar-refractivity contribution in [3.63, 3.8) is 0 Å². The highest BCUT2D eigenvalue weighted by molar-refractivity contribution is 5.62.